The van der Waals surface area contributed by atoms with Crippen LogP contribution in [-0.2, 0) is 9.53 Å². The van der Waals surface area contributed by atoms with Gasteiger partial charge in [-0.2, -0.15) is 5.26 Å². The molecule has 0 heterocycles. The van der Waals surface area contributed by atoms with Crippen LogP contribution in [0.25, 0.3) is 6.08 Å². The number of anilines is 1. The van der Waals surface area contributed by atoms with Crippen LogP contribution in [0.2, 0.25) is 0 Å². The monoisotopic (exact) mass is 272 g/mol. The molecule has 0 radical (unpaired) electrons. The zero-order chi connectivity index (χ0) is 15.1. The van der Waals surface area contributed by atoms with Crippen molar-refractivity contribution in [1.29, 1.82) is 5.26 Å². The van der Waals surface area contributed by atoms with Crippen LogP contribution in [-0.4, -0.2) is 26.7 Å². The summed E-state index contributed by atoms with van der Waals surface area (Å²) in [7, 11) is 3.83. The first kappa shape index (κ1) is 15.8. The van der Waals surface area contributed by atoms with Crippen LogP contribution >= 0.6 is 0 Å². The van der Waals surface area contributed by atoms with E-state index >= 15 is 0 Å². The van der Waals surface area contributed by atoms with Crippen LogP contribution in [0, 0.1) is 17.2 Å². The molecule has 1 rings (SSSR count). The van der Waals surface area contributed by atoms with Gasteiger partial charge in [-0.15, -0.1) is 0 Å². The molecule has 4 nitrogen and oxygen atoms in total. The standard InChI is InChI=1S/C16H20N2O2/c1-12(2)11-20-16(19)14(10-17)9-13-7-5-6-8-15(13)18(3)4/h5-9,12H,11H2,1-4H3/b14-9+. The smallest absolute Gasteiger partial charge is 0.348 e. The van der Waals surface area contributed by atoms with Crippen LogP contribution in [0.3, 0.4) is 0 Å². The molecule has 0 saturated heterocycles. The van der Waals surface area contributed by atoms with E-state index in [9.17, 15) is 4.79 Å². The van der Waals surface area contributed by atoms with Crippen molar-refractivity contribution in [3.8, 4) is 6.07 Å². The Morgan fingerprint density at radius 2 is 2.05 bits per heavy atom. The van der Waals surface area contributed by atoms with Crippen LogP contribution in [0.5, 0.6) is 0 Å². The summed E-state index contributed by atoms with van der Waals surface area (Å²) >= 11 is 0. The van der Waals surface area contributed by atoms with E-state index in [4.69, 9.17) is 10.00 Å². The van der Waals surface area contributed by atoms with E-state index in [0.717, 1.165) is 11.3 Å². The van der Waals surface area contributed by atoms with Crippen molar-refractivity contribution >= 4 is 17.7 Å². The molecule has 0 unspecified atom stereocenters. The molecule has 1 aromatic rings. The lowest BCUT2D eigenvalue weighted by atomic mass is 10.1. The van der Waals surface area contributed by atoms with Gasteiger partial charge < -0.3 is 9.64 Å². The highest BCUT2D eigenvalue weighted by atomic mass is 16.5. The van der Waals surface area contributed by atoms with E-state index in [1.807, 2.05) is 63.2 Å². The van der Waals surface area contributed by atoms with E-state index in [1.54, 1.807) is 6.08 Å². The first-order chi connectivity index (χ1) is 9.45. The minimum Gasteiger partial charge on any atom is -0.461 e. The van der Waals surface area contributed by atoms with Crippen molar-refractivity contribution in [3.63, 3.8) is 0 Å². The summed E-state index contributed by atoms with van der Waals surface area (Å²) in [5.74, 6) is -0.331. The van der Waals surface area contributed by atoms with Gasteiger partial charge in [0.1, 0.15) is 11.6 Å². The van der Waals surface area contributed by atoms with E-state index in [-0.39, 0.29) is 11.5 Å². The predicted molar refractivity (Wildman–Crippen MR) is 80.2 cm³/mol. The third-order valence-electron chi connectivity index (χ3n) is 2.61. The molecule has 0 bridgehead atoms. The Morgan fingerprint density at radius 1 is 1.40 bits per heavy atom. The second-order valence-electron chi connectivity index (χ2n) is 5.12. The van der Waals surface area contributed by atoms with Crippen LogP contribution in [0.15, 0.2) is 29.8 Å². The van der Waals surface area contributed by atoms with Gasteiger partial charge in [-0.3, -0.25) is 0 Å². The summed E-state index contributed by atoms with van der Waals surface area (Å²) in [5.41, 5.74) is 1.77. The molecule has 1 aromatic carbocycles. The second kappa shape index (κ2) is 7.34. The number of nitriles is 1. The fourth-order valence-electron chi connectivity index (χ4n) is 1.63. The van der Waals surface area contributed by atoms with E-state index in [0.29, 0.717) is 6.61 Å². The summed E-state index contributed by atoms with van der Waals surface area (Å²) in [6.45, 7) is 4.21. The van der Waals surface area contributed by atoms with Gasteiger partial charge in [-0.05, 0) is 23.6 Å². The molecule has 0 N–H and O–H groups in total. The second-order valence-corrected chi connectivity index (χ2v) is 5.12. The van der Waals surface area contributed by atoms with Crippen LogP contribution in [0.1, 0.15) is 19.4 Å². The normalized spacial score (nSPS) is 11.1. The minimum atomic E-state index is -0.574. The number of hydrogen-bond donors (Lipinski definition) is 0. The zero-order valence-corrected chi connectivity index (χ0v) is 12.4. The largest absolute Gasteiger partial charge is 0.461 e. The van der Waals surface area contributed by atoms with Gasteiger partial charge in [0, 0.05) is 19.8 Å². The van der Waals surface area contributed by atoms with Gasteiger partial charge in [-0.25, -0.2) is 4.79 Å². The lowest BCUT2D eigenvalue weighted by Gasteiger charge is -2.15. The number of carbonyl (C=O) groups is 1. The number of ether oxygens (including phenoxy) is 1. The molecule has 0 saturated carbocycles. The molecule has 106 valence electrons. The molecule has 20 heavy (non-hydrogen) atoms. The number of benzene rings is 1. The number of para-hydroxylation sites is 1. The molecule has 0 atom stereocenters. The minimum absolute atomic E-state index is 0.0138. The predicted octanol–water partition coefficient (Wildman–Crippen LogP) is 2.86. The van der Waals surface area contributed by atoms with Crippen molar-refractivity contribution in [2.75, 3.05) is 25.6 Å². The van der Waals surface area contributed by atoms with Crippen molar-refractivity contribution in [2.24, 2.45) is 5.92 Å². The maximum Gasteiger partial charge on any atom is 0.348 e. The summed E-state index contributed by atoms with van der Waals surface area (Å²) in [6.07, 6.45) is 1.57. The Bertz CT molecular complexity index is 540. The molecule has 0 aromatic heterocycles. The fraction of sp³-hybridized carbons (Fsp3) is 0.375. The van der Waals surface area contributed by atoms with Gasteiger partial charge >= 0.3 is 5.97 Å². The maximum absolute atomic E-state index is 11.8. The number of rotatable bonds is 5. The lowest BCUT2D eigenvalue weighted by molar-refractivity contribution is -0.139. The molecule has 4 heteroatoms. The van der Waals surface area contributed by atoms with Gasteiger partial charge in [0.2, 0.25) is 0 Å². The first-order valence-electron chi connectivity index (χ1n) is 6.51. The molecule has 0 aliphatic carbocycles. The van der Waals surface area contributed by atoms with Gasteiger partial charge in [-0.1, -0.05) is 32.0 Å². The van der Waals surface area contributed by atoms with E-state index in [1.165, 1.54) is 0 Å². The number of carbonyl (C=O) groups excluding carboxylic acids is 1. The van der Waals surface area contributed by atoms with Gasteiger partial charge in [0.25, 0.3) is 0 Å². The molecule has 0 amide bonds. The highest BCUT2D eigenvalue weighted by Crippen LogP contribution is 2.21. The van der Waals surface area contributed by atoms with Crippen molar-refractivity contribution < 1.29 is 9.53 Å². The van der Waals surface area contributed by atoms with E-state index < -0.39 is 5.97 Å². The lowest BCUT2D eigenvalue weighted by Crippen LogP contribution is -2.12. The number of esters is 1. The quantitative estimate of drug-likeness (QED) is 0.470. The average Bonchev–Trinajstić information content (AvgIpc) is 2.42. The van der Waals surface area contributed by atoms with Crippen molar-refractivity contribution in [2.45, 2.75) is 13.8 Å². The SMILES string of the molecule is CC(C)COC(=O)/C(C#N)=C/c1ccccc1N(C)C. The Morgan fingerprint density at radius 3 is 2.60 bits per heavy atom. The summed E-state index contributed by atoms with van der Waals surface area (Å²) in [6, 6.07) is 9.48. The van der Waals surface area contributed by atoms with Crippen LogP contribution < -0.4 is 4.90 Å². The average molecular weight is 272 g/mol. The summed E-state index contributed by atoms with van der Waals surface area (Å²) in [4.78, 5) is 13.8. The first-order valence-corrected chi connectivity index (χ1v) is 6.51. The Labute approximate surface area is 120 Å². The molecular weight excluding hydrogens is 252 g/mol. The Balaban J connectivity index is 3.01. The Kier molecular flexibility index (Phi) is 5.79. The summed E-state index contributed by atoms with van der Waals surface area (Å²) < 4.78 is 5.09. The van der Waals surface area contributed by atoms with Gasteiger partial charge in [0.05, 0.1) is 6.61 Å². The molecular formula is C16H20N2O2. The highest BCUT2D eigenvalue weighted by Gasteiger charge is 2.12. The highest BCUT2D eigenvalue weighted by molar-refractivity contribution is 5.98. The Hall–Kier alpha value is -2.28. The topological polar surface area (TPSA) is 53.3 Å². The van der Waals surface area contributed by atoms with Crippen molar-refractivity contribution in [1.82, 2.24) is 0 Å². The third kappa shape index (κ3) is 4.43. The zero-order valence-electron chi connectivity index (χ0n) is 12.4. The van der Waals surface area contributed by atoms with Gasteiger partial charge in [0.15, 0.2) is 0 Å². The maximum atomic E-state index is 11.8. The molecule has 0 spiro atoms. The third-order valence-corrected chi connectivity index (χ3v) is 2.61. The molecule has 0 aliphatic rings. The summed E-state index contributed by atoms with van der Waals surface area (Å²) in [5, 5.41) is 9.12. The van der Waals surface area contributed by atoms with Crippen molar-refractivity contribution in [3.05, 3.63) is 35.4 Å². The number of nitrogens with zero attached hydrogens (tertiary/aromatic N) is 2. The number of hydrogen-bond acceptors (Lipinski definition) is 4. The molecule has 0 aliphatic heterocycles. The van der Waals surface area contributed by atoms with Crippen LogP contribution in [0.4, 0.5) is 5.69 Å². The fourth-order valence-corrected chi connectivity index (χ4v) is 1.63. The van der Waals surface area contributed by atoms with E-state index in [2.05, 4.69) is 0 Å². The molecule has 0 fully saturated rings.